The first-order valence-electron chi connectivity index (χ1n) is 7.37. The second-order valence-electron chi connectivity index (χ2n) is 7.65. The molecule has 3 unspecified atom stereocenters. The van der Waals surface area contributed by atoms with Gasteiger partial charge in [0.25, 0.3) is 0 Å². The van der Waals surface area contributed by atoms with Crippen LogP contribution in [0.1, 0.15) is 66.2 Å². The van der Waals surface area contributed by atoms with Gasteiger partial charge in [-0.1, -0.05) is 34.1 Å². The highest BCUT2D eigenvalue weighted by molar-refractivity contribution is 5.89. The minimum absolute atomic E-state index is 0.119. The number of carboxylic acids is 1. The smallest absolute Gasteiger partial charge is 0.139 e. The van der Waals surface area contributed by atoms with Crippen molar-refractivity contribution < 1.29 is 14.7 Å². The number of carbonyl (C=O) groups is 2. The number of rotatable bonds is 2. The van der Waals surface area contributed by atoms with Crippen LogP contribution in [0.2, 0.25) is 0 Å². The molecular formula is C16H25O3-. The number of aliphatic carboxylic acids is 1. The first-order valence-corrected chi connectivity index (χ1v) is 7.37. The summed E-state index contributed by atoms with van der Waals surface area (Å²) in [7, 11) is 0. The van der Waals surface area contributed by atoms with E-state index in [9.17, 15) is 14.7 Å². The van der Waals surface area contributed by atoms with Gasteiger partial charge in [-0.25, -0.2) is 0 Å². The first kappa shape index (κ1) is 14.5. The third-order valence-electron chi connectivity index (χ3n) is 6.26. The van der Waals surface area contributed by atoms with Crippen molar-refractivity contribution >= 4 is 11.8 Å². The Morgan fingerprint density at radius 3 is 2.47 bits per heavy atom. The van der Waals surface area contributed by atoms with Crippen molar-refractivity contribution in [3.8, 4) is 0 Å². The lowest BCUT2D eigenvalue weighted by atomic mass is 9.42. The van der Waals surface area contributed by atoms with Crippen molar-refractivity contribution in [3.63, 3.8) is 0 Å². The van der Waals surface area contributed by atoms with Crippen LogP contribution in [-0.4, -0.2) is 11.8 Å². The van der Waals surface area contributed by atoms with Gasteiger partial charge in [0, 0.05) is 17.8 Å². The van der Waals surface area contributed by atoms with Crippen molar-refractivity contribution in [2.24, 2.45) is 22.2 Å². The molecule has 19 heavy (non-hydrogen) atoms. The van der Waals surface area contributed by atoms with Gasteiger partial charge < -0.3 is 9.90 Å². The molecule has 2 rings (SSSR count). The Morgan fingerprint density at radius 2 is 1.89 bits per heavy atom. The molecule has 2 fully saturated rings. The van der Waals surface area contributed by atoms with Crippen LogP contribution in [0.15, 0.2) is 0 Å². The molecule has 0 spiro atoms. The van der Waals surface area contributed by atoms with Crippen molar-refractivity contribution in [2.75, 3.05) is 0 Å². The van der Waals surface area contributed by atoms with E-state index in [1.807, 2.05) is 6.92 Å². The van der Waals surface area contributed by atoms with Gasteiger partial charge >= 0.3 is 0 Å². The number of carbonyl (C=O) groups excluding carboxylic acids is 2. The van der Waals surface area contributed by atoms with Crippen molar-refractivity contribution in [3.05, 3.63) is 0 Å². The van der Waals surface area contributed by atoms with Gasteiger partial charge in [0.15, 0.2) is 0 Å². The fraction of sp³-hybridized carbons (Fsp3) is 0.875. The molecule has 0 aromatic heterocycles. The molecule has 0 N–H and O–H groups in total. The third-order valence-corrected chi connectivity index (χ3v) is 6.26. The number of carboxylic acid groups (broad SMARTS) is 1. The highest BCUT2D eigenvalue weighted by Gasteiger charge is 2.60. The molecule has 3 nitrogen and oxygen atoms in total. The molecule has 2 aliphatic carbocycles. The standard InChI is InChI=1S/C16H26O3/c1-14(2)8-5-9-15(3)11(14)6-7-12(17)16(15,4)10-13(18)19/h11H,5-10H2,1-4H3,(H,18,19)/p-1. The predicted molar refractivity (Wildman–Crippen MR) is 71.2 cm³/mol. The van der Waals surface area contributed by atoms with E-state index < -0.39 is 11.4 Å². The van der Waals surface area contributed by atoms with E-state index in [1.54, 1.807) is 0 Å². The summed E-state index contributed by atoms with van der Waals surface area (Å²) in [6.45, 7) is 8.53. The van der Waals surface area contributed by atoms with Crippen molar-refractivity contribution in [1.82, 2.24) is 0 Å². The zero-order valence-electron chi connectivity index (χ0n) is 12.5. The largest absolute Gasteiger partial charge is 0.550 e. The molecule has 0 aromatic carbocycles. The van der Waals surface area contributed by atoms with Crippen molar-refractivity contribution in [2.45, 2.75) is 66.2 Å². The molecule has 3 heteroatoms. The SMILES string of the molecule is CC1(C)CCCC2(C)C1CCC(=O)C2(C)CC(=O)[O-]. The summed E-state index contributed by atoms with van der Waals surface area (Å²) in [5, 5.41) is 11.1. The van der Waals surface area contributed by atoms with Gasteiger partial charge in [-0.05, 0) is 42.4 Å². The predicted octanol–water partition coefficient (Wildman–Crippen LogP) is 2.33. The van der Waals surface area contributed by atoms with Gasteiger partial charge in [-0.15, -0.1) is 0 Å². The van der Waals surface area contributed by atoms with Gasteiger partial charge in [0.2, 0.25) is 0 Å². The lowest BCUT2D eigenvalue weighted by Gasteiger charge is -2.61. The number of fused-ring (bicyclic) bond motifs is 1. The van der Waals surface area contributed by atoms with E-state index in [2.05, 4.69) is 20.8 Å². The molecule has 0 amide bonds. The molecule has 3 atom stereocenters. The Morgan fingerprint density at radius 1 is 1.26 bits per heavy atom. The zero-order chi connectivity index (χ0) is 14.5. The first-order chi connectivity index (χ1) is 8.63. The molecule has 0 saturated heterocycles. The summed E-state index contributed by atoms with van der Waals surface area (Å²) in [4.78, 5) is 23.6. The summed E-state index contributed by atoms with van der Waals surface area (Å²) in [5.74, 6) is -0.551. The molecule has 2 aliphatic rings. The maximum atomic E-state index is 12.4. The number of hydrogen-bond acceptors (Lipinski definition) is 3. The average molecular weight is 265 g/mol. The summed E-state index contributed by atoms with van der Waals surface area (Å²) >= 11 is 0. The van der Waals surface area contributed by atoms with E-state index in [0.717, 1.165) is 19.3 Å². The Bertz CT molecular complexity index is 412. The van der Waals surface area contributed by atoms with Crippen LogP contribution in [0.25, 0.3) is 0 Å². The summed E-state index contributed by atoms with van der Waals surface area (Å²) in [6.07, 6.45) is 4.50. The molecule has 0 heterocycles. The fourth-order valence-corrected chi connectivity index (χ4v) is 4.95. The zero-order valence-corrected chi connectivity index (χ0v) is 12.5. The van der Waals surface area contributed by atoms with Crippen LogP contribution in [-0.2, 0) is 9.59 Å². The van der Waals surface area contributed by atoms with E-state index in [-0.39, 0.29) is 23.0 Å². The lowest BCUT2D eigenvalue weighted by Crippen LogP contribution is -2.58. The highest BCUT2D eigenvalue weighted by Crippen LogP contribution is 2.64. The minimum atomic E-state index is -1.10. The molecule has 2 saturated carbocycles. The quantitative estimate of drug-likeness (QED) is 0.770. The van der Waals surface area contributed by atoms with E-state index in [4.69, 9.17) is 0 Å². The van der Waals surface area contributed by atoms with Gasteiger partial charge in [-0.3, -0.25) is 4.79 Å². The Labute approximate surface area is 115 Å². The molecular weight excluding hydrogens is 240 g/mol. The maximum Gasteiger partial charge on any atom is 0.139 e. The Hall–Kier alpha value is -0.860. The summed E-state index contributed by atoms with van der Waals surface area (Å²) in [6, 6.07) is 0. The lowest BCUT2D eigenvalue weighted by molar-refractivity contribution is -0.310. The summed E-state index contributed by atoms with van der Waals surface area (Å²) < 4.78 is 0. The van der Waals surface area contributed by atoms with Gasteiger partial charge in [0.1, 0.15) is 5.78 Å². The second-order valence-corrected chi connectivity index (χ2v) is 7.65. The molecule has 0 radical (unpaired) electrons. The van der Waals surface area contributed by atoms with Gasteiger partial charge in [-0.2, -0.15) is 0 Å². The third kappa shape index (κ3) is 2.02. The van der Waals surface area contributed by atoms with Crippen molar-refractivity contribution in [1.29, 1.82) is 0 Å². The molecule has 0 aliphatic heterocycles. The van der Waals surface area contributed by atoms with Crippen LogP contribution in [0, 0.1) is 22.2 Å². The molecule has 0 aromatic rings. The Balaban J connectivity index is 2.46. The van der Waals surface area contributed by atoms with Crippen LogP contribution < -0.4 is 5.11 Å². The number of ketones is 1. The van der Waals surface area contributed by atoms with Crippen LogP contribution in [0.4, 0.5) is 0 Å². The van der Waals surface area contributed by atoms with Crippen LogP contribution in [0.3, 0.4) is 0 Å². The second kappa shape index (κ2) is 4.32. The minimum Gasteiger partial charge on any atom is -0.550 e. The topological polar surface area (TPSA) is 57.2 Å². The molecule has 108 valence electrons. The molecule has 0 bridgehead atoms. The fourth-order valence-electron chi connectivity index (χ4n) is 4.95. The van der Waals surface area contributed by atoms with E-state index >= 15 is 0 Å². The van der Waals surface area contributed by atoms with Crippen LogP contribution in [0.5, 0.6) is 0 Å². The van der Waals surface area contributed by atoms with Crippen LogP contribution >= 0.6 is 0 Å². The monoisotopic (exact) mass is 265 g/mol. The van der Waals surface area contributed by atoms with E-state index in [0.29, 0.717) is 12.3 Å². The highest BCUT2D eigenvalue weighted by atomic mass is 16.4. The Kier molecular flexibility index (Phi) is 3.31. The number of hydrogen-bond donors (Lipinski definition) is 0. The van der Waals surface area contributed by atoms with E-state index in [1.165, 1.54) is 6.42 Å². The number of Topliss-reactive ketones (excluding diaryl/α,β-unsaturated/α-hetero) is 1. The summed E-state index contributed by atoms with van der Waals surface area (Å²) in [5.41, 5.74) is -0.766. The van der Waals surface area contributed by atoms with Gasteiger partial charge in [0.05, 0.1) is 0 Å². The normalized spacial score (nSPS) is 41.7. The maximum absolute atomic E-state index is 12.4. The average Bonchev–Trinajstić information content (AvgIpc) is 2.24.